The van der Waals surface area contributed by atoms with Crippen LogP contribution in [-0.2, 0) is 0 Å². The Hall–Kier alpha value is -0.610. The maximum atomic E-state index is 7.56. The molecule has 1 heterocycles. The maximum absolute atomic E-state index is 7.56. The SMILES string of the molecule is CCC(C(=N)N)N1CCN(C2CC2)CC1. The van der Waals surface area contributed by atoms with Crippen LogP contribution in [0.25, 0.3) is 0 Å². The Balaban J connectivity index is 1.83. The Labute approximate surface area is 91.9 Å². The quantitative estimate of drug-likeness (QED) is 0.524. The van der Waals surface area contributed by atoms with E-state index in [1.54, 1.807) is 0 Å². The zero-order chi connectivity index (χ0) is 10.8. The molecule has 15 heavy (non-hydrogen) atoms. The van der Waals surface area contributed by atoms with E-state index < -0.39 is 0 Å². The van der Waals surface area contributed by atoms with Crippen LogP contribution in [0.15, 0.2) is 0 Å². The largest absolute Gasteiger partial charge is 0.386 e. The first-order valence-electron chi connectivity index (χ1n) is 6.04. The lowest BCUT2D eigenvalue weighted by molar-refractivity contribution is 0.110. The first-order valence-corrected chi connectivity index (χ1v) is 6.04. The van der Waals surface area contributed by atoms with Gasteiger partial charge < -0.3 is 5.73 Å². The number of nitrogens with one attached hydrogen (secondary N) is 1. The summed E-state index contributed by atoms with van der Waals surface area (Å²) < 4.78 is 0. The summed E-state index contributed by atoms with van der Waals surface area (Å²) >= 11 is 0. The lowest BCUT2D eigenvalue weighted by Gasteiger charge is -2.38. The number of piperazine rings is 1. The second-order valence-corrected chi connectivity index (χ2v) is 4.68. The minimum absolute atomic E-state index is 0.173. The fourth-order valence-corrected chi connectivity index (χ4v) is 2.53. The van der Waals surface area contributed by atoms with Crippen LogP contribution < -0.4 is 5.73 Å². The third-order valence-corrected chi connectivity index (χ3v) is 3.60. The van der Waals surface area contributed by atoms with Gasteiger partial charge in [0.25, 0.3) is 0 Å². The van der Waals surface area contributed by atoms with Crippen LogP contribution in [0.3, 0.4) is 0 Å². The molecule has 2 rings (SSSR count). The zero-order valence-electron chi connectivity index (χ0n) is 9.58. The molecular formula is C11H22N4. The van der Waals surface area contributed by atoms with Gasteiger partial charge in [0.2, 0.25) is 0 Å². The van der Waals surface area contributed by atoms with Crippen LogP contribution in [0.1, 0.15) is 26.2 Å². The summed E-state index contributed by atoms with van der Waals surface area (Å²) in [6.07, 6.45) is 3.74. The number of nitrogens with two attached hydrogens (primary N) is 1. The molecule has 0 spiro atoms. The minimum Gasteiger partial charge on any atom is -0.386 e. The molecule has 1 aliphatic heterocycles. The van der Waals surface area contributed by atoms with Crippen molar-refractivity contribution in [1.29, 1.82) is 5.41 Å². The smallest absolute Gasteiger partial charge is 0.108 e. The fourth-order valence-electron chi connectivity index (χ4n) is 2.53. The van der Waals surface area contributed by atoms with Crippen LogP contribution in [0.4, 0.5) is 0 Å². The Kier molecular flexibility index (Phi) is 3.26. The van der Waals surface area contributed by atoms with E-state index in [0.717, 1.165) is 38.6 Å². The van der Waals surface area contributed by atoms with Crippen molar-refractivity contribution in [3.05, 3.63) is 0 Å². The standard InChI is InChI=1S/C11H22N4/c1-2-10(11(12)13)15-7-5-14(6-8-15)9-3-4-9/h9-10H,2-8H2,1H3,(H3,12,13). The Morgan fingerprint density at radius 1 is 1.33 bits per heavy atom. The minimum atomic E-state index is 0.173. The van der Waals surface area contributed by atoms with E-state index in [-0.39, 0.29) is 6.04 Å². The van der Waals surface area contributed by atoms with E-state index in [9.17, 15) is 0 Å². The molecule has 4 nitrogen and oxygen atoms in total. The molecule has 3 N–H and O–H groups in total. The third-order valence-electron chi connectivity index (χ3n) is 3.60. The zero-order valence-corrected chi connectivity index (χ0v) is 9.58. The van der Waals surface area contributed by atoms with Gasteiger partial charge in [0.1, 0.15) is 5.84 Å². The van der Waals surface area contributed by atoms with Gasteiger partial charge in [0.05, 0.1) is 6.04 Å². The van der Waals surface area contributed by atoms with Crippen molar-refractivity contribution in [3.63, 3.8) is 0 Å². The number of nitrogens with zero attached hydrogens (tertiary/aromatic N) is 2. The first-order chi connectivity index (χ1) is 7.22. The van der Waals surface area contributed by atoms with Gasteiger partial charge in [0.15, 0.2) is 0 Å². The highest BCUT2D eigenvalue weighted by atomic mass is 15.3. The average Bonchev–Trinajstić information content (AvgIpc) is 3.03. The molecule has 86 valence electrons. The summed E-state index contributed by atoms with van der Waals surface area (Å²) in [5.41, 5.74) is 5.61. The highest BCUT2D eigenvalue weighted by Gasteiger charge is 2.32. The molecule has 0 aromatic heterocycles. The Morgan fingerprint density at radius 3 is 2.33 bits per heavy atom. The van der Waals surface area contributed by atoms with Crippen molar-refractivity contribution in [2.45, 2.75) is 38.3 Å². The van der Waals surface area contributed by atoms with E-state index in [1.165, 1.54) is 12.8 Å². The monoisotopic (exact) mass is 210 g/mol. The van der Waals surface area contributed by atoms with Gasteiger partial charge >= 0.3 is 0 Å². The Bertz CT molecular complexity index is 229. The molecule has 1 saturated heterocycles. The van der Waals surface area contributed by atoms with Crippen LogP contribution in [-0.4, -0.2) is 53.9 Å². The van der Waals surface area contributed by atoms with Crippen LogP contribution in [0.2, 0.25) is 0 Å². The molecule has 1 aliphatic carbocycles. The maximum Gasteiger partial charge on any atom is 0.108 e. The highest BCUT2D eigenvalue weighted by Crippen LogP contribution is 2.27. The van der Waals surface area contributed by atoms with Gasteiger partial charge in [-0.05, 0) is 19.3 Å². The van der Waals surface area contributed by atoms with E-state index in [2.05, 4.69) is 16.7 Å². The number of rotatable bonds is 4. The summed E-state index contributed by atoms with van der Waals surface area (Å²) in [5.74, 6) is 0.331. The first kappa shape index (κ1) is 10.9. The molecule has 2 aliphatic rings. The molecule has 0 radical (unpaired) electrons. The normalized spacial score (nSPS) is 26.5. The summed E-state index contributed by atoms with van der Waals surface area (Å²) in [6, 6.07) is 1.05. The van der Waals surface area contributed by atoms with Crippen LogP contribution in [0, 0.1) is 5.41 Å². The Morgan fingerprint density at radius 2 is 1.93 bits per heavy atom. The molecule has 1 unspecified atom stereocenters. The van der Waals surface area contributed by atoms with Crippen molar-refractivity contribution in [2.75, 3.05) is 26.2 Å². The molecule has 2 fully saturated rings. The molecule has 0 amide bonds. The van der Waals surface area contributed by atoms with E-state index in [4.69, 9.17) is 11.1 Å². The van der Waals surface area contributed by atoms with Gasteiger partial charge in [-0.3, -0.25) is 15.2 Å². The van der Waals surface area contributed by atoms with E-state index >= 15 is 0 Å². The number of hydrogen-bond donors (Lipinski definition) is 2. The average molecular weight is 210 g/mol. The lowest BCUT2D eigenvalue weighted by atomic mass is 10.1. The van der Waals surface area contributed by atoms with Crippen molar-refractivity contribution in [3.8, 4) is 0 Å². The molecule has 1 saturated carbocycles. The number of hydrogen-bond acceptors (Lipinski definition) is 3. The van der Waals surface area contributed by atoms with Crippen molar-refractivity contribution >= 4 is 5.84 Å². The highest BCUT2D eigenvalue weighted by molar-refractivity contribution is 5.82. The van der Waals surface area contributed by atoms with Crippen molar-refractivity contribution in [1.82, 2.24) is 9.80 Å². The molecule has 1 atom stereocenters. The van der Waals surface area contributed by atoms with Gasteiger partial charge in [-0.2, -0.15) is 0 Å². The van der Waals surface area contributed by atoms with Gasteiger partial charge in [-0.1, -0.05) is 6.92 Å². The second kappa shape index (κ2) is 4.49. The van der Waals surface area contributed by atoms with E-state index in [1.807, 2.05) is 0 Å². The van der Waals surface area contributed by atoms with Gasteiger partial charge in [-0.15, -0.1) is 0 Å². The summed E-state index contributed by atoms with van der Waals surface area (Å²) in [7, 11) is 0. The van der Waals surface area contributed by atoms with Gasteiger partial charge in [-0.25, -0.2) is 0 Å². The van der Waals surface area contributed by atoms with Crippen molar-refractivity contribution in [2.24, 2.45) is 5.73 Å². The summed E-state index contributed by atoms with van der Waals surface area (Å²) in [4.78, 5) is 4.95. The molecule has 4 heteroatoms. The number of amidine groups is 1. The topological polar surface area (TPSA) is 56.4 Å². The van der Waals surface area contributed by atoms with Crippen LogP contribution in [0.5, 0.6) is 0 Å². The lowest BCUT2D eigenvalue weighted by Crippen LogP contribution is -2.54. The molecule has 0 bridgehead atoms. The predicted molar refractivity (Wildman–Crippen MR) is 62.2 cm³/mol. The molecular weight excluding hydrogens is 188 g/mol. The van der Waals surface area contributed by atoms with E-state index in [0.29, 0.717) is 5.84 Å². The molecule has 0 aromatic carbocycles. The predicted octanol–water partition coefficient (Wildman–Crippen LogP) is 0.481. The summed E-state index contributed by atoms with van der Waals surface area (Å²) in [5, 5.41) is 7.56. The van der Waals surface area contributed by atoms with Crippen molar-refractivity contribution < 1.29 is 0 Å². The van der Waals surface area contributed by atoms with Gasteiger partial charge in [0, 0.05) is 32.2 Å². The van der Waals surface area contributed by atoms with Crippen LogP contribution >= 0.6 is 0 Å². The summed E-state index contributed by atoms with van der Waals surface area (Å²) in [6.45, 7) is 6.59. The fraction of sp³-hybridized carbons (Fsp3) is 0.909. The third kappa shape index (κ3) is 2.49. The molecule has 0 aromatic rings. The second-order valence-electron chi connectivity index (χ2n) is 4.68.